The van der Waals surface area contributed by atoms with E-state index >= 15 is 0 Å². The van der Waals surface area contributed by atoms with Gasteiger partial charge < -0.3 is 0 Å². The first kappa shape index (κ1) is 10.7. The molecule has 0 heterocycles. The molecule has 0 aromatic heterocycles. The van der Waals surface area contributed by atoms with Gasteiger partial charge in [0.25, 0.3) is 0 Å². The molecule has 1 heteroatoms. The fourth-order valence-corrected chi connectivity index (χ4v) is 3.53. The second-order valence-corrected chi connectivity index (χ2v) is 5.30. The average Bonchev–Trinajstić information content (AvgIpc) is 2.46. The zero-order valence-electron chi connectivity index (χ0n) is 9.81. The molecular weight excluding hydrogens is 184 g/mol. The molecule has 2 aliphatic rings. The summed E-state index contributed by atoms with van der Waals surface area (Å²) < 4.78 is 0. The van der Waals surface area contributed by atoms with Gasteiger partial charge in [0, 0.05) is 18.8 Å². The standard InChI is InChI=1S/C14H20O/c1-3-4-8-12-13(15)10-11-7-5-6-9-14(11,12)2/h11-12H,5-10H2,1-2H3. The quantitative estimate of drug-likeness (QED) is 0.599. The van der Waals surface area contributed by atoms with Crippen molar-refractivity contribution in [1.82, 2.24) is 0 Å². The lowest BCUT2D eigenvalue weighted by Crippen LogP contribution is -2.32. The smallest absolute Gasteiger partial charge is 0.137 e. The molecule has 0 radical (unpaired) electrons. The Hall–Kier alpha value is -0.770. The highest BCUT2D eigenvalue weighted by Crippen LogP contribution is 2.54. The second-order valence-electron chi connectivity index (χ2n) is 5.30. The zero-order valence-corrected chi connectivity index (χ0v) is 9.81. The summed E-state index contributed by atoms with van der Waals surface area (Å²) in [6, 6.07) is 0. The lowest BCUT2D eigenvalue weighted by molar-refractivity contribution is -0.122. The molecule has 0 saturated heterocycles. The minimum absolute atomic E-state index is 0.232. The highest BCUT2D eigenvalue weighted by Gasteiger charge is 2.51. The lowest BCUT2D eigenvalue weighted by atomic mass is 9.65. The number of Topliss-reactive ketones (excluding diaryl/α,β-unsaturated/α-hetero) is 1. The summed E-state index contributed by atoms with van der Waals surface area (Å²) in [7, 11) is 0. The fraction of sp³-hybridized carbons (Fsp3) is 0.786. The summed E-state index contributed by atoms with van der Waals surface area (Å²) in [6.07, 6.45) is 6.74. The van der Waals surface area contributed by atoms with Crippen LogP contribution in [-0.4, -0.2) is 5.78 Å². The van der Waals surface area contributed by atoms with Gasteiger partial charge in [-0.15, -0.1) is 11.8 Å². The summed E-state index contributed by atoms with van der Waals surface area (Å²) in [5.41, 5.74) is 0.277. The number of hydrogen-bond donors (Lipinski definition) is 0. The van der Waals surface area contributed by atoms with Crippen molar-refractivity contribution in [2.75, 3.05) is 0 Å². The predicted octanol–water partition coefficient (Wildman–Crippen LogP) is 3.19. The van der Waals surface area contributed by atoms with Crippen LogP contribution in [0.4, 0.5) is 0 Å². The number of rotatable bonds is 1. The molecule has 2 rings (SSSR count). The molecule has 2 aliphatic carbocycles. The van der Waals surface area contributed by atoms with Crippen LogP contribution < -0.4 is 0 Å². The van der Waals surface area contributed by atoms with Crippen LogP contribution in [0.3, 0.4) is 0 Å². The van der Waals surface area contributed by atoms with Gasteiger partial charge in [-0.25, -0.2) is 0 Å². The Kier molecular flexibility index (Phi) is 2.87. The van der Waals surface area contributed by atoms with E-state index in [1.165, 1.54) is 25.7 Å². The van der Waals surface area contributed by atoms with Gasteiger partial charge in [0.1, 0.15) is 5.78 Å². The number of ketones is 1. The second kappa shape index (κ2) is 4.00. The van der Waals surface area contributed by atoms with Gasteiger partial charge in [0.15, 0.2) is 0 Å². The average molecular weight is 204 g/mol. The van der Waals surface area contributed by atoms with Gasteiger partial charge in [0.2, 0.25) is 0 Å². The summed E-state index contributed by atoms with van der Waals surface area (Å²) in [4.78, 5) is 12.0. The molecule has 82 valence electrons. The van der Waals surface area contributed by atoms with Crippen LogP contribution in [0.25, 0.3) is 0 Å². The van der Waals surface area contributed by atoms with Crippen molar-refractivity contribution in [1.29, 1.82) is 0 Å². The maximum Gasteiger partial charge on any atom is 0.137 e. The number of carbonyl (C=O) groups is 1. The zero-order chi connectivity index (χ0) is 10.9. The maximum atomic E-state index is 12.0. The van der Waals surface area contributed by atoms with Gasteiger partial charge >= 0.3 is 0 Å². The number of carbonyl (C=O) groups excluding carboxylic acids is 1. The van der Waals surface area contributed by atoms with Crippen LogP contribution in [0.2, 0.25) is 0 Å². The Morgan fingerprint density at radius 2 is 2.27 bits per heavy atom. The van der Waals surface area contributed by atoms with Crippen molar-refractivity contribution in [3.8, 4) is 11.8 Å². The van der Waals surface area contributed by atoms with Crippen LogP contribution in [0.5, 0.6) is 0 Å². The Morgan fingerprint density at radius 1 is 1.47 bits per heavy atom. The van der Waals surface area contributed by atoms with E-state index in [4.69, 9.17) is 0 Å². The molecule has 15 heavy (non-hydrogen) atoms. The van der Waals surface area contributed by atoms with Gasteiger partial charge in [-0.2, -0.15) is 0 Å². The molecule has 0 N–H and O–H groups in total. The van der Waals surface area contributed by atoms with Gasteiger partial charge in [0.05, 0.1) is 0 Å². The first-order valence-corrected chi connectivity index (χ1v) is 6.11. The molecule has 2 saturated carbocycles. The maximum absolute atomic E-state index is 12.0. The third-order valence-corrected chi connectivity index (χ3v) is 4.57. The first-order valence-electron chi connectivity index (χ1n) is 6.11. The molecule has 2 fully saturated rings. The van der Waals surface area contributed by atoms with E-state index in [2.05, 4.69) is 18.8 Å². The minimum Gasteiger partial charge on any atom is -0.299 e. The summed E-state index contributed by atoms with van der Waals surface area (Å²) >= 11 is 0. The third kappa shape index (κ3) is 1.71. The van der Waals surface area contributed by atoms with Crippen LogP contribution in [0.1, 0.15) is 52.4 Å². The molecule has 1 nitrogen and oxygen atoms in total. The van der Waals surface area contributed by atoms with Crippen molar-refractivity contribution < 1.29 is 4.79 Å². The molecular formula is C14H20O. The third-order valence-electron chi connectivity index (χ3n) is 4.57. The summed E-state index contributed by atoms with van der Waals surface area (Å²) in [5.74, 6) is 7.40. The van der Waals surface area contributed by atoms with Crippen molar-refractivity contribution in [3.05, 3.63) is 0 Å². The summed E-state index contributed by atoms with van der Waals surface area (Å²) in [6.45, 7) is 4.18. The van der Waals surface area contributed by atoms with E-state index in [0.717, 1.165) is 12.8 Å². The fourth-order valence-electron chi connectivity index (χ4n) is 3.53. The normalized spacial score (nSPS) is 39.5. The Bertz CT molecular complexity index is 320. The van der Waals surface area contributed by atoms with Crippen molar-refractivity contribution >= 4 is 5.78 Å². The molecule has 3 unspecified atom stereocenters. The van der Waals surface area contributed by atoms with Crippen molar-refractivity contribution in [2.24, 2.45) is 17.3 Å². The molecule has 0 aromatic rings. The largest absolute Gasteiger partial charge is 0.299 e. The molecule has 0 aliphatic heterocycles. The van der Waals surface area contributed by atoms with Gasteiger partial charge in [-0.3, -0.25) is 4.79 Å². The molecule has 0 amide bonds. The molecule has 0 spiro atoms. The Balaban J connectivity index is 2.19. The highest BCUT2D eigenvalue weighted by molar-refractivity contribution is 5.85. The number of fused-ring (bicyclic) bond motifs is 1. The van der Waals surface area contributed by atoms with E-state index in [0.29, 0.717) is 11.7 Å². The van der Waals surface area contributed by atoms with Gasteiger partial charge in [-0.1, -0.05) is 19.8 Å². The minimum atomic E-state index is 0.232. The van der Waals surface area contributed by atoms with E-state index in [9.17, 15) is 4.79 Å². The topological polar surface area (TPSA) is 17.1 Å². The van der Waals surface area contributed by atoms with Crippen molar-refractivity contribution in [2.45, 2.75) is 52.4 Å². The summed E-state index contributed by atoms with van der Waals surface area (Å²) in [5, 5.41) is 0. The first-order chi connectivity index (χ1) is 7.18. The van der Waals surface area contributed by atoms with E-state index in [1.807, 2.05) is 6.92 Å². The highest BCUT2D eigenvalue weighted by atomic mass is 16.1. The monoisotopic (exact) mass is 204 g/mol. The van der Waals surface area contributed by atoms with Crippen LogP contribution >= 0.6 is 0 Å². The van der Waals surface area contributed by atoms with Crippen LogP contribution in [-0.2, 0) is 4.79 Å². The molecule has 0 aromatic carbocycles. The van der Waals surface area contributed by atoms with E-state index < -0.39 is 0 Å². The van der Waals surface area contributed by atoms with Gasteiger partial charge in [-0.05, 0) is 31.1 Å². The predicted molar refractivity (Wildman–Crippen MR) is 61.2 cm³/mol. The van der Waals surface area contributed by atoms with Crippen molar-refractivity contribution in [3.63, 3.8) is 0 Å². The number of hydrogen-bond acceptors (Lipinski definition) is 1. The van der Waals surface area contributed by atoms with E-state index in [1.54, 1.807) is 0 Å². The Morgan fingerprint density at radius 3 is 3.00 bits per heavy atom. The molecule has 3 atom stereocenters. The van der Waals surface area contributed by atoms with Crippen LogP contribution in [0.15, 0.2) is 0 Å². The lowest BCUT2D eigenvalue weighted by Gasteiger charge is -2.39. The Labute approximate surface area is 92.6 Å². The van der Waals surface area contributed by atoms with E-state index in [-0.39, 0.29) is 11.3 Å². The van der Waals surface area contributed by atoms with Crippen LogP contribution in [0, 0.1) is 29.1 Å². The SMILES string of the molecule is CC#CCC1C(=O)CC2CCCCC21C. The molecule has 0 bridgehead atoms.